The summed E-state index contributed by atoms with van der Waals surface area (Å²) in [6, 6.07) is 4.03. The van der Waals surface area contributed by atoms with Crippen molar-refractivity contribution in [1.82, 2.24) is 14.0 Å². The molecule has 0 aliphatic carbocycles. The monoisotopic (exact) mass is 285 g/mol. The molecule has 3 heterocycles. The van der Waals surface area contributed by atoms with E-state index in [1.54, 1.807) is 0 Å². The van der Waals surface area contributed by atoms with Gasteiger partial charge in [0.05, 0.1) is 0 Å². The molecule has 4 nitrogen and oxygen atoms in total. The SMILES string of the molecule is C=CCn1ccc2ccn(CCCN3CCCC3)c(=O)c21. The van der Waals surface area contributed by atoms with Crippen molar-refractivity contribution in [1.29, 1.82) is 0 Å². The standard InChI is InChI=1S/C17H23N3O/c1-2-8-19-13-6-15-7-14-20(17(21)16(15)19)12-5-11-18-9-3-4-10-18/h2,6-7,13-14H,1,3-5,8-12H2. The van der Waals surface area contributed by atoms with Crippen molar-refractivity contribution in [3.8, 4) is 0 Å². The number of allylic oxidation sites excluding steroid dienone is 1. The first-order valence-electron chi connectivity index (χ1n) is 7.81. The first-order valence-corrected chi connectivity index (χ1v) is 7.81. The van der Waals surface area contributed by atoms with Gasteiger partial charge in [-0.05, 0) is 51.0 Å². The quantitative estimate of drug-likeness (QED) is 0.763. The van der Waals surface area contributed by atoms with Crippen LogP contribution in [0.5, 0.6) is 0 Å². The third-order valence-electron chi connectivity index (χ3n) is 4.29. The van der Waals surface area contributed by atoms with Crippen LogP contribution in [0.15, 0.2) is 42.0 Å². The van der Waals surface area contributed by atoms with Gasteiger partial charge < -0.3 is 14.0 Å². The lowest BCUT2D eigenvalue weighted by atomic mass is 10.3. The van der Waals surface area contributed by atoms with E-state index >= 15 is 0 Å². The Hall–Kier alpha value is -1.81. The van der Waals surface area contributed by atoms with Crippen LogP contribution in [-0.4, -0.2) is 33.7 Å². The summed E-state index contributed by atoms with van der Waals surface area (Å²) in [5.74, 6) is 0. The number of pyridine rings is 1. The Morgan fingerprint density at radius 3 is 2.52 bits per heavy atom. The Bertz CT molecular complexity index is 677. The third kappa shape index (κ3) is 2.95. The lowest BCUT2D eigenvalue weighted by Gasteiger charge is -2.14. The lowest BCUT2D eigenvalue weighted by molar-refractivity contribution is 0.324. The maximum atomic E-state index is 12.6. The molecule has 0 aromatic carbocycles. The van der Waals surface area contributed by atoms with E-state index in [-0.39, 0.29) is 5.56 Å². The zero-order valence-electron chi connectivity index (χ0n) is 12.5. The van der Waals surface area contributed by atoms with Crippen molar-refractivity contribution in [2.75, 3.05) is 19.6 Å². The van der Waals surface area contributed by atoms with Crippen molar-refractivity contribution >= 4 is 10.9 Å². The number of hydrogen-bond donors (Lipinski definition) is 0. The molecular weight excluding hydrogens is 262 g/mol. The smallest absolute Gasteiger partial charge is 0.275 e. The Kier molecular flexibility index (Phi) is 4.25. The lowest BCUT2D eigenvalue weighted by Crippen LogP contribution is -2.25. The Balaban J connectivity index is 1.75. The van der Waals surface area contributed by atoms with Gasteiger partial charge in [-0.25, -0.2) is 0 Å². The van der Waals surface area contributed by atoms with E-state index in [9.17, 15) is 4.79 Å². The van der Waals surface area contributed by atoms with Crippen LogP contribution >= 0.6 is 0 Å². The molecule has 3 rings (SSSR count). The van der Waals surface area contributed by atoms with E-state index in [0.29, 0.717) is 6.54 Å². The van der Waals surface area contributed by atoms with Crippen LogP contribution in [0, 0.1) is 0 Å². The molecule has 0 radical (unpaired) electrons. The minimum absolute atomic E-state index is 0.112. The van der Waals surface area contributed by atoms with Gasteiger partial charge in [-0.15, -0.1) is 6.58 Å². The highest BCUT2D eigenvalue weighted by Crippen LogP contribution is 2.12. The van der Waals surface area contributed by atoms with Crippen LogP contribution in [0.2, 0.25) is 0 Å². The zero-order chi connectivity index (χ0) is 14.7. The van der Waals surface area contributed by atoms with Gasteiger partial charge in [-0.1, -0.05) is 6.08 Å². The molecule has 0 N–H and O–H groups in total. The Morgan fingerprint density at radius 1 is 1.10 bits per heavy atom. The Labute approximate surface area is 125 Å². The van der Waals surface area contributed by atoms with E-state index in [0.717, 1.165) is 30.4 Å². The number of aryl methyl sites for hydroxylation is 1. The molecule has 1 aliphatic heterocycles. The van der Waals surface area contributed by atoms with Gasteiger partial charge in [-0.3, -0.25) is 4.79 Å². The van der Waals surface area contributed by atoms with Crippen molar-refractivity contribution < 1.29 is 0 Å². The predicted octanol–water partition coefficient (Wildman–Crippen LogP) is 2.47. The van der Waals surface area contributed by atoms with Crippen LogP contribution < -0.4 is 5.56 Å². The van der Waals surface area contributed by atoms with Crippen molar-refractivity contribution in [2.24, 2.45) is 0 Å². The summed E-state index contributed by atoms with van der Waals surface area (Å²) in [5.41, 5.74) is 0.902. The van der Waals surface area contributed by atoms with Crippen molar-refractivity contribution in [2.45, 2.75) is 32.4 Å². The third-order valence-corrected chi connectivity index (χ3v) is 4.29. The maximum Gasteiger partial charge on any atom is 0.275 e. The topological polar surface area (TPSA) is 30.2 Å². The molecule has 0 spiro atoms. The highest BCUT2D eigenvalue weighted by atomic mass is 16.1. The molecule has 2 aromatic heterocycles. The molecule has 0 saturated carbocycles. The van der Waals surface area contributed by atoms with Gasteiger partial charge in [0.15, 0.2) is 0 Å². The average molecular weight is 285 g/mol. The predicted molar refractivity (Wildman–Crippen MR) is 86.7 cm³/mol. The Morgan fingerprint density at radius 2 is 1.81 bits per heavy atom. The van der Waals surface area contributed by atoms with Gasteiger partial charge in [0.25, 0.3) is 5.56 Å². The number of rotatable bonds is 6. The second-order valence-corrected chi connectivity index (χ2v) is 5.78. The minimum Gasteiger partial charge on any atom is -0.339 e. The first-order chi connectivity index (χ1) is 10.3. The summed E-state index contributed by atoms with van der Waals surface area (Å²) in [7, 11) is 0. The highest BCUT2D eigenvalue weighted by Gasteiger charge is 2.11. The van der Waals surface area contributed by atoms with Gasteiger partial charge in [0.2, 0.25) is 0 Å². The molecule has 0 unspecified atom stereocenters. The van der Waals surface area contributed by atoms with Gasteiger partial charge >= 0.3 is 0 Å². The molecule has 0 atom stereocenters. The molecule has 0 amide bonds. The second kappa shape index (κ2) is 6.31. The molecule has 21 heavy (non-hydrogen) atoms. The summed E-state index contributed by atoms with van der Waals surface area (Å²) in [4.78, 5) is 15.1. The van der Waals surface area contributed by atoms with Crippen molar-refractivity contribution in [3.63, 3.8) is 0 Å². The minimum atomic E-state index is 0.112. The molecule has 112 valence electrons. The van der Waals surface area contributed by atoms with Crippen molar-refractivity contribution in [3.05, 3.63) is 47.5 Å². The largest absolute Gasteiger partial charge is 0.339 e. The average Bonchev–Trinajstić information content (AvgIpc) is 3.12. The zero-order valence-corrected chi connectivity index (χ0v) is 12.5. The molecule has 0 bridgehead atoms. The molecule has 4 heteroatoms. The fourth-order valence-electron chi connectivity index (χ4n) is 3.18. The summed E-state index contributed by atoms with van der Waals surface area (Å²) in [5, 5.41) is 1.01. The fraction of sp³-hybridized carbons (Fsp3) is 0.471. The second-order valence-electron chi connectivity index (χ2n) is 5.78. The maximum absolute atomic E-state index is 12.6. The van der Waals surface area contributed by atoms with Crippen LogP contribution in [0.1, 0.15) is 19.3 Å². The van der Waals surface area contributed by atoms with Crippen LogP contribution in [0.3, 0.4) is 0 Å². The molecule has 1 saturated heterocycles. The van der Waals surface area contributed by atoms with Gasteiger partial charge in [0.1, 0.15) is 5.52 Å². The molecule has 1 aliphatic rings. The highest BCUT2D eigenvalue weighted by molar-refractivity contribution is 5.78. The number of nitrogens with zero attached hydrogens (tertiary/aromatic N) is 3. The van der Waals surface area contributed by atoms with E-state index in [2.05, 4.69) is 11.5 Å². The fourth-order valence-corrected chi connectivity index (χ4v) is 3.18. The van der Waals surface area contributed by atoms with E-state index in [1.165, 1.54) is 25.9 Å². The van der Waals surface area contributed by atoms with Crippen LogP contribution in [0.4, 0.5) is 0 Å². The number of hydrogen-bond acceptors (Lipinski definition) is 2. The number of fused-ring (bicyclic) bond motifs is 1. The molecule has 2 aromatic rings. The van der Waals surface area contributed by atoms with E-state index in [1.807, 2.05) is 39.7 Å². The van der Waals surface area contributed by atoms with Gasteiger partial charge in [-0.2, -0.15) is 0 Å². The van der Waals surface area contributed by atoms with Crippen LogP contribution in [-0.2, 0) is 13.1 Å². The normalized spacial score (nSPS) is 15.8. The molecular formula is C17H23N3O. The summed E-state index contributed by atoms with van der Waals surface area (Å²) < 4.78 is 3.82. The first kappa shape index (κ1) is 14.1. The number of likely N-dealkylation sites (tertiary alicyclic amines) is 1. The summed E-state index contributed by atoms with van der Waals surface area (Å²) in [6.07, 6.45) is 9.38. The summed E-state index contributed by atoms with van der Waals surface area (Å²) in [6.45, 7) is 8.76. The van der Waals surface area contributed by atoms with E-state index < -0.39 is 0 Å². The molecule has 1 fully saturated rings. The number of aromatic nitrogens is 2. The summed E-state index contributed by atoms with van der Waals surface area (Å²) >= 11 is 0. The van der Waals surface area contributed by atoms with Gasteiger partial charge in [0, 0.05) is 30.9 Å². The van der Waals surface area contributed by atoms with Crippen LogP contribution in [0.25, 0.3) is 10.9 Å². The van der Waals surface area contributed by atoms with E-state index in [4.69, 9.17) is 0 Å².